The second kappa shape index (κ2) is 5.61. The van der Waals surface area contributed by atoms with Crippen molar-refractivity contribution < 1.29 is 0 Å². The summed E-state index contributed by atoms with van der Waals surface area (Å²) in [6.07, 6.45) is 1.11. The van der Waals surface area contributed by atoms with Crippen molar-refractivity contribution in [3.63, 3.8) is 0 Å². The minimum absolute atomic E-state index is 0.426. The van der Waals surface area contributed by atoms with Gasteiger partial charge in [-0.25, -0.2) is 0 Å². The summed E-state index contributed by atoms with van der Waals surface area (Å²) in [7, 11) is 0. The summed E-state index contributed by atoms with van der Waals surface area (Å²) in [4.78, 5) is 0. The number of fused-ring (bicyclic) bond motifs is 1. The summed E-state index contributed by atoms with van der Waals surface area (Å²) >= 11 is 3.55. The Morgan fingerprint density at radius 1 is 1.37 bits per heavy atom. The van der Waals surface area contributed by atoms with Crippen LogP contribution in [0.15, 0.2) is 28.6 Å². The molecule has 0 aliphatic heterocycles. The van der Waals surface area contributed by atoms with E-state index in [1.165, 1.54) is 11.1 Å². The highest BCUT2D eigenvalue weighted by atomic mass is 32.2. The smallest absolute Gasteiger partial charge is 0.174 e. The highest BCUT2D eigenvalue weighted by Gasteiger charge is 2.32. The van der Waals surface area contributed by atoms with Gasteiger partial charge in [0.15, 0.2) is 4.34 Å². The van der Waals surface area contributed by atoms with Crippen molar-refractivity contribution in [2.45, 2.75) is 35.9 Å². The number of aryl methyl sites for hydroxylation is 1. The molecule has 0 saturated carbocycles. The van der Waals surface area contributed by atoms with Gasteiger partial charge >= 0.3 is 0 Å². The summed E-state index contributed by atoms with van der Waals surface area (Å²) in [6.45, 7) is 5.16. The summed E-state index contributed by atoms with van der Waals surface area (Å²) in [5, 5.41) is 13.5. The highest BCUT2D eigenvalue weighted by molar-refractivity contribution is 8.01. The van der Waals surface area contributed by atoms with E-state index in [-0.39, 0.29) is 0 Å². The van der Waals surface area contributed by atoms with Crippen LogP contribution in [0.4, 0.5) is 0 Å². The minimum atomic E-state index is 0.426. The number of rotatable bonds is 4. The van der Waals surface area contributed by atoms with Crippen LogP contribution in [0.3, 0.4) is 0 Å². The van der Waals surface area contributed by atoms with Gasteiger partial charge in [-0.15, -0.1) is 10.2 Å². The van der Waals surface area contributed by atoms with Crippen molar-refractivity contribution in [3.8, 4) is 0 Å². The number of nitrogens with one attached hydrogen (secondary N) is 1. The van der Waals surface area contributed by atoms with Crippen molar-refractivity contribution in [2.75, 3.05) is 6.54 Å². The molecule has 100 valence electrons. The Morgan fingerprint density at radius 3 is 2.95 bits per heavy atom. The molecule has 2 aromatic rings. The van der Waals surface area contributed by atoms with E-state index in [2.05, 4.69) is 46.7 Å². The molecule has 3 nitrogen and oxygen atoms in total. The molecule has 1 aromatic heterocycles. The zero-order valence-corrected chi connectivity index (χ0v) is 12.7. The van der Waals surface area contributed by atoms with Gasteiger partial charge in [-0.1, -0.05) is 54.3 Å². The van der Waals surface area contributed by atoms with Crippen molar-refractivity contribution in [1.29, 1.82) is 0 Å². The minimum Gasteiger partial charge on any atom is -0.309 e. The van der Waals surface area contributed by atoms with Crippen LogP contribution in [0.2, 0.25) is 0 Å². The zero-order chi connectivity index (χ0) is 13.2. The maximum atomic E-state index is 4.24. The van der Waals surface area contributed by atoms with Gasteiger partial charge in [0, 0.05) is 11.3 Å². The van der Waals surface area contributed by atoms with Crippen LogP contribution in [0.1, 0.15) is 29.1 Å². The standard InChI is InChI=1S/C14H17N3S2/c1-3-15-13-11-7-5-4-6-10(11)8-12(13)19-14-17-16-9(2)18-14/h4-7,12-13,15H,3,8H2,1-2H3. The topological polar surface area (TPSA) is 37.8 Å². The van der Waals surface area contributed by atoms with Gasteiger partial charge in [-0.3, -0.25) is 0 Å². The van der Waals surface area contributed by atoms with Gasteiger partial charge in [0.2, 0.25) is 0 Å². The molecule has 1 heterocycles. The molecule has 0 spiro atoms. The van der Waals surface area contributed by atoms with E-state index in [9.17, 15) is 0 Å². The van der Waals surface area contributed by atoms with Crippen LogP contribution in [-0.4, -0.2) is 22.0 Å². The number of benzene rings is 1. The van der Waals surface area contributed by atoms with Crippen molar-refractivity contribution >= 4 is 23.1 Å². The molecule has 19 heavy (non-hydrogen) atoms. The van der Waals surface area contributed by atoms with Crippen molar-refractivity contribution in [2.24, 2.45) is 0 Å². The van der Waals surface area contributed by atoms with Crippen LogP contribution in [0, 0.1) is 6.92 Å². The Hall–Kier alpha value is -0.910. The fourth-order valence-electron chi connectivity index (χ4n) is 2.58. The van der Waals surface area contributed by atoms with Crippen LogP contribution in [0.25, 0.3) is 0 Å². The largest absolute Gasteiger partial charge is 0.309 e. The Morgan fingerprint density at radius 2 is 2.21 bits per heavy atom. The molecule has 0 saturated heterocycles. The van der Waals surface area contributed by atoms with E-state index in [1.54, 1.807) is 11.3 Å². The quantitative estimate of drug-likeness (QED) is 0.938. The lowest BCUT2D eigenvalue weighted by Crippen LogP contribution is -2.26. The summed E-state index contributed by atoms with van der Waals surface area (Å²) in [5.41, 5.74) is 2.91. The van der Waals surface area contributed by atoms with Crippen LogP contribution in [0.5, 0.6) is 0 Å². The van der Waals surface area contributed by atoms with Crippen molar-refractivity contribution in [1.82, 2.24) is 15.5 Å². The number of thioether (sulfide) groups is 1. The van der Waals surface area contributed by atoms with Gasteiger partial charge in [-0.05, 0) is 31.0 Å². The third-order valence-electron chi connectivity index (χ3n) is 3.37. The number of hydrogen-bond donors (Lipinski definition) is 1. The zero-order valence-electron chi connectivity index (χ0n) is 11.1. The Kier molecular flexibility index (Phi) is 3.86. The molecule has 3 rings (SSSR count). The second-order valence-electron chi connectivity index (χ2n) is 4.68. The SMILES string of the molecule is CCNC1c2ccccc2CC1Sc1nnc(C)s1. The molecular weight excluding hydrogens is 274 g/mol. The van der Waals surface area contributed by atoms with Gasteiger partial charge in [0.05, 0.1) is 0 Å². The average Bonchev–Trinajstić information content (AvgIpc) is 2.96. The summed E-state index contributed by atoms with van der Waals surface area (Å²) < 4.78 is 1.08. The summed E-state index contributed by atoms with van der Waals surface area (Å²) in [5.74, 6) is 0. The molecule has 0 radical (unpaired) electrons. The molecule has 0 amide bonds. The molecule has 2 atom stereocenters. The van der Waals surface area contributed by atoms with Crippen LogP contribution >= 0.6 is 23.1 Å². The van der Waals surface area contributed by atoms with E-state index >= 15 is 0 Å². The normalized spacial score (nSPS) is 21.6. The number of aromatic nitrogens is 2. The third-order valence-corrected chi connectivity index (χ3v) is 5.56. The summed E-state index contributed by atoms with van der Waals surface area (Å²) in [6, 6.07) is 9.17. The maximum Gasteiger partial charge on any atom is 0.174 e. The Balaban J connectivity index is 1.82. The van der Waals surface area contributed by atoms with Gasteiger partial charge in [0.25, 0.3) is 0 Å². The molecule has 2 unspecified atom stereocenters. The molecule has 1 aliphatic carbocycles. The Labute approximate surface area is 121 Å². The van der Waals surface area contributed by atoms with E-state index < -0.39 is 0 Å². The monoisotopic (exact) mass is 291 g/mol. The molecule has 0 fully saturated rings. The fourth-order valence-corrected chi connectivity index (χ4v) is 4.91. The molecular formula is C14H17N3S2. The Bertz CT molecular complexity index is 567. The van der Waals surface area contributed by atoms with Crippen molar-refractivity contribution in [3.05, 3.63) is 40.4 Å². The number of nitrogens with zero attached hydrogens (tertiary/aromatic N) is 2. The van der Waals surface area contributed by atoms with Crippen LogP contribution in [-0.2, 0) is 6.42 Å². The lowest BCUT2D eigenvalue weighted by Gasteiger charge is -2.19. The molecule has 0 bridgehead atoms. The van der Waals surface area contributed by atoms with E-state index in [4.69, 9.17) is 0 Å². The first-order valence-corrected chi connectivity index (χ1v) is 8.25. The molecule has 1 N–H and O–H groups in total. The first-order valence-electron chi connectivity index (χ1n) is 6.56. The predicted octanol–water partition coefficient (Wildman–Crippen LogP) is 3.21. The van der Waals surface area contributed by atoms with Gasteiger partial charge in [-0.2, -0.15) is 0 Å². The lowest BCUT2D eigenvalue weighted by molar-refractivity contribution is 0.560. The number of hydrogen-bond acceptors (Lipinski definition) is 5. The fraction of sp³-hybridized carbons (Fsp3) is 0.429. The molecule has 1 aliphatic rings. The van der Waals surface area contributed by atoms with Gasteiger partial charge < -0.3 is 5.32 Å². The van der Waals surface area contributed by atoms with E-state index in [1.807, 2.05) is 18.7 Å². The van der Waals surface area contributed by atoms with E-state index in [0.717, 1.165) is 22.3 Å². The van der Waals surface area contributed by atoms with Crippen LogP contribution < -0.4 is 5.32 Å². The maximum absolute atomic E-state index is 4.24. The van der Waals surface area contributed by atoms with E-state index in [0.29, 0.717) is 11.3 Å². The first kappa shape index (κ1) is 13.1. The van der Waals surface area contributed by atoms with Gasteiger partial charge in [0.1, 0.15) is 5.01 Å². The lowest BCUT2D eigenvalue weighted by atomic mass is 10.1. The molecule has 1 aromatic carbocycles. The second-order valence-corrected chi connectivity index (χ2v) is 7.35. The average molecular weight is 291 g/mol. The third kappa shape index (κ3) is 2.68. The first-order chi connectivity index (χ1) is 9.28. The molecule has 5 heteroatoms. The predicted molar refractivity (Wildman–Crippen MR) is 80.9 cm³/mol. The highest BCUT2D eigenvalue weighted by Crippen LogP contribution is 2.41.